The molecule has 1 aromatic carbocycles. The Morgan fingerprint density at radius 1 is 1.40 bits per heavy atom. The molecule has 0 saturated carbocycles. The van der Waals surface area contributed by atoms with Crippen molar-refractivity contribution in [3.8, 4) is 0 Å². The van der Waals surface area contributed by atoms with E-state index in [1.54, 1.807) is 12.1 Å². The highest BCUT2D eigenvalue weighted by Gasteiger charge is 2.31. The summed E-state index contributed by atoms with van der Waals surface area (Å²) in [6.45, 7) is 0. The molecule has 6 heteroatoms. The number of rotatable bonds is 2. The number of carbonyl (C=O) groups excluding carboxylic acids is 1. The zero-order valence-electron chi connectivity index (χ0n) is 7.64. The largest absolute Gasteiger partial charge is 0.399 e. The molecule has 1 amide bonds. The number of hydrogen-bond donors (Lipinski definition) is 2. The zero-order chi connectivity index (χ0) is 11.5. The number of nitrogen functional groups attached to an aromatic ring is 1. The van der Waals surface area contributed by atoms with Crippen molar-refractivity contribution in [3.05, 3.63) is 24.3 Å². The summed E-state index contributed by atoms with van der Waals surface area (Å²) in [6, 6.07) is 5.96. The van der Waals surface area contributed by atoms with Crippen molar-refractivity contribution in [2.75, 3.05) is 11.1 Å². The maximum Gasteiger partial charge on any atom is 0.397 e. The van der Waals surface area contributed by atoms with E-state index >= 15 is 0 Å². The molecule has 0 saturated heterocycles. The van der Waals surface area contributed by atoms with Gasteiger partial charge in [0.15, 0.2) is 0 Å². The highest BCUT2D eigenvalue weighted by Crippen LogP contribution is 2.20. The Labute approximate surface area is 84.1 Å². The monoisotopic (exact) mass is 218 g/mol. The molecular formula is C9H9F3N2O. The lowest BCUT2D eigenvalue weighted by Crippen LogP contribution is -2.21. The van der Waals surface area contributed by atoms with Gasteiger partial charge in [-0.3, -0.25) is 4.79 Å². The fourth-order valence-electron chi connectivity index (χ4n) is 1.00. The van der Waals surface area contributed by atoms with Crippen LogP contribution < -0.4 is 11.1 Å². The Kier molecular flexibility index (Phi) is 3.18. The lowest BCUT2D eigenvalue weighted by molar-refractivity contribution is -0.150. The molecule has 0 heterocycles. The number of hydrogen-bond acceptors (Lipinski definition) is 2. The molecule has 82 valence electrons. The Balaban J connectivity index is 2.59. The van der Waals surface area contributed by atoms with Crippen molar-refractivity contribution in [2.24, 2.45) is 0 Å². The molecule has 0 unspecified atom stereocenters. The van der Waals surface area contributed by atoms with Gasteiger partial charge >= 0.3 is 6.18 Å². The molecule has 3 N–H and O–H groups in total. The fraction of sp³-hybridized carbons (Fsp3) is 0.222. The summed E-state index contributed by atoms with van der Waals surface area (Å²) in [7, 11) is 0. The van der Waals surface area contributed by atoms with Crippen LogP contribution in [-0.2, 0) is 4.79 Å². The van der Waals surface area contributed by atoms with Crippen LogP contribution in [0.2, 0.25) is 0 Å². The third-order valence-electron chi connectivity index (χ3n) is 1.53. The molecule has 0 aromatic heterocycles. The summed E-state index contributed by atoms with van der Waals surface area (Å²) in [6.07, 6.45) is -5.99. The smallest absolute Gasteiger partial charge is 0.397 e. The standard InChI is InChI=1S/C9H9F3N2O/c10-9(11,12)5-8(15)14-7-3-1-2-6(13)4-7/h1-4H,5,13H2,(H,14,15). The van der Waals surface area contributed by atoms with Crippen molar-refractivity contribution in [1.82, 2.24) is 0 Å². The van der Waals surface area contributed by atoms with Crippen LogP contribution in [0.25, 0.3) is 0 Å². The second-order valence-electron chi connectivity index (χ2n) is 2.97. The first-order chi connectivity index (χ1) is 6.87. The van der Waals surface area contributed by atoms with E-state index in [0.717, 1.165) is 0 Å². The van der Waals surface area contributed by atoms with Gasteiger partial charge in [0.1, 0.15) is 6.42 Å². The summed E-state index contributed by atoms with van der Waals surface area (Å²) in [5, 5.41) is 2.10. The van der Waals surface area contributed by atoms with Gasteiger partial charge in [0.2, 0.25) is 5.91 Å². The average molecular weight is 218 g/mol. The second-order valence-corrected chi connectivity index (χ2v) is 2.97. The SMILES string of the molecule is Nc1cccc(NC(=O)CC(F)(F)F)c1. The van der Waals surface area contributed by atoms with Crippen LogP contribution >= 0.6 is 0 Å². The highest BCUT2D eigenvalue weighted by atomic mass is 19.4. The predicted molar refractivity (Wildman–Crippen MR) is 50.2 cm³/mol. The van der Waals surface area contributed by atoms with E-state index in [1.807, 2.05) is 0 Å². The van der Waals surface area contributed by atoms with E-state index in [0.29, 0.717) is 5.69 Å². The van der Waals surface area contributed by atoms with Gasteiger partial charge in [-0.05, 0) is 18.2 Å². The molecule has 0 radical (unpaired) electrons. The van der Waals surface area contributed by atoms with E-state index in [4.69, 9.17) is 5.73 Å². The number of amides is 1. The molecule has 0 aliphatic heterocycles. The van der Waals surface area contributed by atoms with Gasteiger partial charge in [-0.2, -0.15) is 13.2 Å². The maximum absolute atomic E-state index is 11.8. The van der Waals surface area contributed by atoms with Crippen molar-refractivity contribution < 1.29 is 18.0 Å². The lowest BCUT2D eigenvalue weighted by atomic mass is 10.2. The highest BCUT2D eigenvalue weighted by molar-refractivity contribution is 5.91. The van der Waals surface area contributed by atoms with Crippen LogP contribution in [0.15, 0.2) is 24.3 Å². The average Bonchev–Trinajstić information content (AvgIpc) is 1.99. The molecule has 0 aliphatic rings. The normalized spacial score (nSPS) is 11.1. The topological polar surface area (TPSA) is 55.1 Å². The van der Waals surface area contributed by atoms with Gasteiger partial charge in [-0.1, -0.05) is 6.07 Å². The number of alkyl halides is 3. The number of nitrogens with two attached hydrogens (primary N) is 1. The third kappa shape index (κ3) is 4.35. The third-order valence-corrected chi connectivity index (χ3v) is 1.53. The van der Waals surface area contributed by atoms with Gasteiger partial charge in [-0.15, -0.1) is 0 Å². The van der Waals surface area contributed by atoms with Gasteiger partial charge in [0, 0.05) is 11.4 Å². The summed E-state index contributed by atoms with van der Waals surface area (Å²) in [5.41, 5.74) is 6.02. The van der Waals surface area contributed by atoms with Gasteiger partial charge < -0.3 is 11.1 Å². The molecule has 1 aromatic rings. The fourth-order valence-corrected chi connectivity index (χ4v) is 1.00. The second kappa shape index (κ2) is 4.20. The molecule has 0 atom stereocenters. The first kappa shape index (κ1) is 11.4. The lowest BCUT2D eigenvalue weighted by Gasteiger charge is -2.07. The van der Waals surface area contributed by atoms with E-state index in [2.05, 4.69) is 5.32 Å². The molecule has 1 rings (SSSR count). The minimum Gasteiger partial charge on any atom is -0.399 e. The molecule has 0 bridgehead atoms. The van der Waals surface area contributed by atoms with Crippen LogP contribution in [-0.4, -0.2) is 12.1 Å². The number of halogens is 3. The van der Waals surface area contributed by atoms with Crippen molar-refractivity contribution in [3.63, 3.8) is 0 Å². The number of nitrogens with one attached hydrogen (secondary N) is 1. The van der Waals surface area contributed by atoms with E-state index in [9.17, 15) is 18.0 Å². The molecule has 0 aliphatic carbocycles. The number of carbonyl (C=O) groups is 1. The summed E-state index contributed by atoms with van der Waals surface area (Å²) in [4.78, 5) is 10.9. The quantitative estimate of drug-likeness (QED) is 0.747. The first-order valence-corrected chi connectivity index (χ1v) is 4.09. The van der Waals surface area contributed by atoms with Crippen molar-refractivity contribution in [2.45, 2.75) is 12.6 Å². The van der Waals surface area contributed by atoms with Gasteiger partial charge in [0.25, 0.3) is 0 Å². The van der Waals surface area contributed by atoms with Crippen LogP contribution in [0, 0.1) is 0 Å². The Morgan fingerprint density at radius 2 is 2.07 bits per heavy atom. The summed E-state index contributed by atoms with van der Waals surface area (Å²) >= 11 is 0. The molecule has 0 spiro atoms. The predicted octanol–water partition coefficient (Wildman–Crippen LogP) is 2.16. The van der Waals surface area contributed by atoms with Crippen molar-refractivity contribution in [1.29, 1.82) is 0 Å². The Morgan fingerprint density at radius 3 is 2.60 bits per heavy atom. The van der Waals surface area contributed by atoms with E-state index < -0.39 is 18.5 Å². The number of anilines is 2. The summed E-state index contributed by atoms with van der Waals surface area (Å²) < 4.78 is 35.4. The summed E-state index contributed by atoms with van der Waals surface area (Å²) in [5.74, 6) is -1.10. The van der Waals surface area contributed by atoms with Crippen LogP contribution in [0.1, 0.15) is 6.42 Å². The number of benzene rings is 1. The van der Waals surface area contributed by atoms with Gasteiger partial charge in [-0.25, -0.2) is 0 Å². The Hall–Kier alpha value is -1.72. The van der Waals surface area contributed by atoms with Gasteiger partial charge in [0.05, 0.1) is 0 Å². The molecular weight excluding hydrogens is 209 g/mol. The minimum atomic E-state index is -4.50. The first-order valence-electron chi connectivity index (χ1n) is 4.09. The van der Waals surface area contributed by atoms with Crippen LogP contribution in [0.4, 0.5) is 24.5 Å². The van der Waals surface area contributed by atoms with E-state index in [1.165, 1.54) is 12.1 Å². The van der Waals surface area contributed by atoms with Crippen LogP contribution in [0.5, 0.6) is 0 Å². The maximum atomic E-state index is 11.8. The minimum absolute atomic E-state index is 0.254. The molecule has 3 nitrogen and oxygen atoms in total. The van der Waals surface area contributed by atoms with Crippen molar-refractivity contribution >= 4 is 17.3 Å². The Bertz CT molecular complexity index is 363. The molecule has 15 heavy (non-hydrogen) atoms. The van der Waals surface area contributed by atoms with Crippen LogP contribution in [0.3, 0.4) is 0 Å². The van der Waals surface area contributed by atoms with E-state index in [-0.39, 0.29) is 5.69 Å². The molecule has 0 fully saturated rings. The zero-order valence-corrected chi connectivity index (χ0v) is 7.64.